The zero-order valence-corrected chi connectivity index (χ0v) is 12.0. The highest BCUT2D eigenvalue weighted by Crippen LogP contribution is 2.06. The lowest BCUT2D eigenvalue weighted by atomic mass is 10.0. The Hall–Kier alpha value is -2.69. The van der Waals surface area contributed by atoms with Gasteiger partial charge in [-0.2, -0.15) is 0 Å². The number of carbonyl (C=O) groups is 2. The van der Waals surface area contributed by atoms with Crippen molar-refractivity contribution < 1.29 is 14.0 Å². The molecule has 0 saturated heterocycles. The van der Waals surface area contributed by atoms with E-state index in [2.05, 4.69) is 5.32 Å². The zero-order valence-electron chi connectivity index (χ0n) is 12.0. The number of hydrogen-bond donors (Lipinski definition) is 2. The number of rotatable bonds is 6. The van der Waals surface area contributed by atoms with E-state index in [1.54, 1.807) is 0 Å². The molecule has 0 spiro atoms. The Morgan fingerprint density at radius 1 is 1.00 bits per heavy atom. The molecular weight excluding hydrogens is 283 g/mol. The number of nitrogens with two attached hydrogens (primary N) is 1. The monoisotopic (exact) mass is 300 g/mol. The summed E-state index contributed by atoms with van der Waals surface area (Å²) < 4.78 is 12.8. The molecule has 0 saturated carbocycles. The highest BCUT2D eigenvalue weighted by molar-refractivity contribution is 5.87. The van der Waals surface area contributed by atoms with E-state index in [-0.39, 0.29) is 18.1 Å². The first kappa shape index (κ1) is 15.7. The summed E-state index contributed by atoms with van der Waals surface area (Å²) in [5.74, 6) is -1.27. The van der Waals surface area contributed by atoms with E-state index in [0.717, 1.165) is 5.56 Å². The van der Waals surface area contributed by atoms with Crippen molar-refractivity contribution in [3.05, 3.63) is 71.5 Å². The Morgan fingerprint density at radius 3 is 2.23 bits per heavy atom. The van der Waals surface area contributed by atoms with Crippen molar-refractivity contribution in [2.24, 2.45) is 5.73 Å². The van der Waals surface area contributed by atoms with Crippen LogP contribution >= 0.6 is 0 Å². The zero-order chi connectivity index (χ0) is 15.9. The SMILES string of the molecule is NC(=O)[C@H](Cc1ccccc1)NC(=O)Cc1ccc(F)cc1. The number of carbonyl (C=O) groups excluding carboxylic acids is 2. The summed E-state index contributed by atoms with van der Waals surface area (Å²) in [6, 6.07) is 14.2. The van der Waals surface area contributed by atoms with Crippen molar-refractivity contribution >= 4 is 11.8 Å². The van der Waals surface area contributed by atoms with Crippen LogP contribution in [0.3, 0.4) is 0 Å². The Balaban J connectivity index is 1.97. The van der Waals surface area contributed by atoms with Crippen molar-refractivity contribution in [3.63, 3.8) is 0 Å². The number of hydrogen-bond acceptors (Lipinski definition) is 2. The molecule has 0 radical (unpaired) electrons. The molecule has 0 aliphatic carbocycles. The first-order valence-electron chi connectivity index (χ1n) is 6.91. The summed E-state index contributed by atoms with van der Waals surface area (Å²) in [6.45, 7) is 0. The molecule has 5 heteroatoms. The lowest BCUT2D eigenvalue weighted by Crippen LogP contribution is -2.46. The van der Waals surface area contributed by atoms with E-state index in [1.807, 2.05) is 30.3 Å². The van der Waals surface area contributed by atoms with Gasteiger partial charge in [0.2, 0.25) is 11.8 Å². The van der Waals surface area contributed by atoms with Gasteiger partial charge >= 0.3 is 0 Å². The molecular formula is C17H17FN2O2. The highest BCUT2D eigenvalue weighted by Gasteiger charge is 2.18. The van der Waals surface area contributed by atoms with Crippen molar-refractivity contribution in [2.45, 2.75) is 18.9 Å². The maximum absolute atomic E-state index is 12.8. The number of halogens is 1. The molecule has 4 nitrogen and oxygen atoms in total. The maximum atomic E-state index is 12.8. The van der Waals surface area contributed by atoms with Crippen LogP contribution in [0.2, 0.25) is 0 Å². The third kappa shape index (κ3) is 4.70. The fourth-order valence-corrected chi connectivity index (χ4v) is 2.11. The second kappa shape index (κ2) is 7.36. The number of benzene rings is 2. The molecule has 0 fully saturated rings. The van der Waals surface area contributed by atoms with E-state index in [9.17, 15) is 14.0 Å². The quantitative estimate of drug-likeness (QED) is 0.850. The third-order valence-corrected chi connectivity index (χ3v) is 3.24. The van der Waals surface area contributed by atoms with Gasteiger partial charge < -0.3 is 11.1 Å². The summed E-state index contributed by atoms with van der Waals surface area (Å²) >= 11 is 0. The van der Waals surface area contributed by atoms with Gasteiger partial charge in [-0.05, 0) is 23.3 Å². The third-order valence-electron chi connectivity index (χ3n) is 3.24. The molecule has 0 aliphatic rings. The average molecular weight is 300 g/mol. The van der Waals surface area contributed by atoms with Crippen LogP contribution in [0.5, 0.6) is 0 Å². The van der Waals surface area contributed by atoms with E-state index in [1.165, 1.54) is 24.3 Å². The van der Waals surface area contributed by atoms with E-state index in [4.69, 9.17) is 5.73 Å². The predicted molar refractivity (Wildman–Crippen MR) is 81.4 cm³/mol. The summed E-state index contributed by atoms with van der Waals surface area (Å²) in [7, 11) is 0. The predicted octanol–water partition coefficient (Wildman–Crippen LogP) is 1.58. The molecule has 0 bridgehead atoms. The first-order valence-corrected chi connectivity index (χ1v) is 6.91. The first-order chi connectivity index (χ1) is 10.5. The van der Waals surface area contributed by atoms with Gasteiger partial charge in [-0.25, -0.2) is 4.39 Å². The van der Waals surface area contributed by atoms with E-state index in [0.29, 0.717) is 12.0 Å². The Morgan fingerprint density at radius 2 is 1.64 bits per heavy atom. The highest BCUT2D eigenvalue weighted by atomic mass is 19.1. The number of nitrogens with one attached hydrogen (secondary N) is 1. The van der Waals surface area contributed by atoms with Crippen LogP contribution in [0.1, 0.15) is 11.1 Å². The van der Waals surface area contributed by atoms with Crippen LogP contribution in [-0.2, 0) is 22.4 Å². The minimum absolute atomic E-state index is 0.0683. The summed E-state index contributed by atoms with van der Waals surface area (Å²) in [6.07, 6.45) is 0.407. The van der Waals surface area contributed by atoms with Gasteiger partial charge in [-0.15, -0.1) is 0 Å². The van der Waals surface area contributed by atoms with E-state index < -0.39 is 11.9 Å². The minimum atomic E-state index is -0.768. The molecule has 0 heterocycles. The normalized spacial score (nSPS) is 11.7. The smallest absolute Gasteiger partial charge is 0.240 e. The molecule has 0 aromatic heterocycles. The summed E-state index contributed by atoms with van der Waals surface area (Å²) in [5.41, 5.74) is 6.92. The van der Waals surface area contributed by atoms with Crippen molar-refractivity contribution in [2.75, 3.05) is 0 Å². The van der Waals surface area contributed by atoms with Crippen molar-refractivity contribution in [1.82, 2.24) is 5.32 Å². The fourth-order valence-electron chi connectivity index (χ4n) is 2.11. The van der Waals surface area contributed by atoms with E-state index >= 15 is 0 Å². The Kier molecular flexibility index (Phi) is 5.25. The second-order valence-electron chi connectivity index (χ2n) is 5.02. The largest absolute Gasteiger partial charge is 0.368 e. The van der Waals surface area contributed by atoms with Crippen LogP contribution in [0.4, 0.5) is 4.39 Å². The van der Waals surface area contributed by atoms with Crippen LogP contribution < -0.4 is 11.1 Å². The van der Waals surface area contributed by atoms with Crippen LogP contribution in [0, 0.1) is 5.82 Å². The molecule has 2 aromatic carbocycles. The van der Waals surface area contributed by atoms with Gasteiger partial charge in [0.1, 0.15) is 11.9 Å². The average Bonchev–Trinajstić information content (AvgIpc) is 2.50. The van der Waals surface area contributed by atoms with Gasteiger partial charge in [-0.3, -0.25) is 9.59 Å². The molecule has 3 N–H and O–H groups in total. The number of primary amides is 1. The van der Waals surface area contributed by atoms with Crippen molar-refractivity contribution in [1.29, 1.82) is 0 Å². The van der Waals surface area contributed by atoms with Gasteiger partial charge in [0.25, 0.3) is 0 Å². The fraction of sp³-hybridized carbons (Fsp3) is 0.176. The molecule has 114 valence electrons. The summed E-state index contributed by atoms with van der Waals surface area (Å²) in [4.78, 5) is 23.5. The lowest BCUT2D eigenvalue weighted by molar-refractivity contribution is -0.127. The summed E-state index contributed by atoms with van der Waals surface area (Å²) in [5, 5.41) is 2.62. The van der Waals surface area contributed by atoms with Crippen LogP contribution in [0.15, 0.2) is 54.6 Å². The Bertz CT molecular complexity index is 641. The molecule has 0 aliphatic heterocycles. The van der Waals surface area contributed by atoms with Gasteiger partial charge in [0, 0.05) is 6.42 Å². The second-order valence-corrected chi connectivity index (χ2v) is 5.02. The molecule has 22 heavy (non-hydrogen) atoms. The molecule has 0 unspecified atom stereocenters. The molecule has 2 aromatic rings. The minimum Gasteiger partial charge on any atom is -0.368 e. The lowest BCUT2D eigenvalue weighted by Gasteiger charge is -2.15. The van der Waals surface area contributed by atoms with Crippen LogP contribution in [-0.4, -0.2) is 17.9 Å². The van der Waals surface area contributed by atoms with Gasteiger partial charge in [-0.1, -0.05) is 42.5 Å². The van der Waals surface area contributed by atoms with Gasteiger partial charge in [0.15, 0.2) is 0 Å². The molecule has 2 rings (SSSR count). The molecule has 1 atom stereocenters. The Labute approximate surface area is 128 Å². The van der Waals surface area contributed by atoms with Gasteiger partial charge in [0.05, 0.1) is 6.42 Å². The standard InChI is InChI=1S/C17H17FN2O2/c18-14-8-6-13(7-9-14)11-16(21)20-15(17(19)22)10-12-4-2-1-3-5-12/h1-9,15H,10-11H2,(H2,19,22)(H,20,21)/t15-/m0/s1. The topological polar surface area (TPSA) is 72.2 Å². The van der Waals surface area contributed by atoms with Crippen molar-refractivity contribution in [3.8, 4) is 0 Å². The van der Waals surface area contributed by atoms with Crippen LogP contribution in [0.25, 0.3) is 0 Å². The molecule has 2 amide bonds. The number of amides is 2. The maximum Gasteiger partial charge on any atom is 0.240 e.